The average Bonchev–Trinajstić information content (AvgIpc) is 3.10. The first-order chi connectivity index (χ1) is 10.6. The molecule has 0 N–H and O–H groups in total. The minimum Gasteiger partial charge on any atom is -0.311 e. The largest absolute Gasteiger partial charge is 0.311 e. The number of thiazole rings is 1. The molecule has 1 aliphatic heterocycles. The van der Waals surface area contributed by atoms with E-state index in [1.807, 2.05) is 23.7 Å². The highest BCUT2D eigenvalue weighted by Crippen LogP contribution is 2.29. The van der Waals surface area contributed by atoms with Crippen LogP contribution in [0.25, 0.3) is 4.96 Å². The zero-order valence-corrected chi connectivity index (χ0v) is 12.9. The van der Waals surface area contributed by atoms with Crippen molar-refractivity contribution in [2.45, 2.75) is 19.8 Å². The molecule has 0 spiro atoms. The van der Waals surface area contributed by atoms with E-state index >= 15 is 0 Å². The standard InChI is InChI=1S/C16H14FN3OS/c1-10-8-19-9-13(18-16(19)22-10)7-15(21)20-5-4-11-2-3-12(17)6-14(11)20/h2-3,6,8-9H,4-5,7H2,1H3. The molecule has 22 heavy (non-hydrogen) atoms. The Morgan fingerprint density at radius 1 is 1.41 bits per heavy atom. The van der Waals surface area contributed by atoms with Crippen molar-refractivity contribution in [2.75, 3.05) is 11.4 Å². The van der Waals surface area contributed by atoms with Crippen molar-refractivity contribution in [1.29, 1.82) is 0 Å². The number of fused-ring (bicyclic) bond motifs is 2. The fourth-order valence-corrected chi connectivity index (χ4v) is 3.73. The summed E-state index contributed by atoms with van der Waals surface area (Å²) < 4.78 is 15.4. The van der Waals surface area contributed by atoms with Crippen LogP contribution < -0.4 is 4.90 Å². The maximum Gasteiger partial charge on any atom is 0.233 e. The number of aromatic nitrogens is 2. The topological polar surface area (TPSA) is 37.6 Å². The number of rotatable bonds is 2. The van der Waals surface area contributed by atoms with Gasteiger partial charge < -0.3 is 4.90 Å². The maximum absolute atomic E-state index is 13.4. The fourth-order valence-electron chi connectivity index (χ4n) is 2.91. The van der Waals surface area contributed by atoms with Gasteiger partial charge in [0.2, 0.25) is 5.91 Å². The van der Waals surface area contributed by atoms with Crippen LogP contribution in [0.4, 0.5) is 10.1 Å². The summed E-state index contributed by atoms with van der Waals surface area (Å²) in [6.45, 7) is 2.64. The molecule has 1 aromatic carbocycles. The molecule has 0 bridgehead atoms. The van der Waals surface area contributed by atoms with Crippen LogP contribution >= 0.6 is 11.3 Å². The quantitative estimate of drug-likeness (QED) is 0.729. The van der Waals surface area contributed by atoms with Crippen molar-refractivity contribution in [1.82, 2.24) is 9.38 Å². The Bertz CT molecular complexity index is 851. The minimum absolute atomic E-state index is 0.0353. The fraction of sp³-hybridized carbons (Fsp3) is 0.250. The molecule has 1 amide bonds. The number of benzene rings is 1. The van der Waals surface area contributed by atoms with E-state index in [1.54, 1.807) is 22.3 Å². The lowest BCUT2D eigenvalue weighted by Gasteiger charge is -2.16. The highest BCUT2D eigenvalue weighted by molar-refractivity contribution is 7.16. The van der Waals surface area contributed by atoms with E-state index in [0.717, 1.165) is 22.6 Å². The molecule has 0 saturated heterocycles. The molecule has 3 heterocycles. The lowest BCUT2D eigenvalue weighted by Crippen LogP contribution is -2.30. The minimum atomic E-state index is -0.309. The molecule has 0 atom stereocenters. The van der Waals surface area contributed by atoms with E-state index in [1.165, 1.54) is 17.0 Å². The number of hydrogen-bond acceptors (Lipinski definition) is 3. The van der Waals surface area contributed by atoms with Gasteiger partial charge in [0.15, 0.2) is 4.96 Å². The van der Waals surface area contributed by atoms with Gasteiger partial charge in [0.25, 0.3) is 0 Å². The smallest absolute Gasteiger partial charge is 0.233 e. The molecule has 0 radical (unpaired) electrons. The summed E-state index contributed by atoms with van der Waals surface area (Å²) in [5.74, 6) is -0.344. The van der Waals surface area contributed by atoms with Crippen LogP contribution in [0.15, 0.2) is 30.6 Å². The summed E-state index contributed by atoms with van der Waals surface area (Å²) in [6.07, 6.45) is 4.91. The number of hydrogen-bond donors (Lipinski definition) is 0. The summed E-state index contributed by atoms with van der Waals surface area (Å²) >= 11 is 1.60. The van der Waals surface area contributed by atoms with Crippen LogP contribution in [0.2, 0.25) is 0 Å². The van der Waals surface area contributed by atoms with E-state index in [2.05, 4.69) is 4.98 Å². The van der Waals surface area contributed by atoms with Crippen LogP contribution in [0.3, 0.4) is 0 Å². The molecular formula is C16H14FN3OS. The third-order valence-electron chi connectivity index (χ3n) is 3.90. The molecular weight excluding hydrogens is 301 g/mol. The number of nitrogens with zero attached hydrogens (tertiary/aromatic N) is 3. The first-order valence-electron chi connectivity index (χ1n) is 7.13. The van der Waals surface area contributed by atoms with E-state index in [4.69, 9.17) is 0 Å². The molecule has 0 aliphatic carbocycles. The third-order valence-corrected chi connectivity index (χ3v) is 4.81. The lowest BCUT2D eigenvalue weighted by atomic mass is 10.1. The second-order valence-corrected chi connectivity index (χ2v) is 6.72. The Hall–Kier alpha value is -2.21. The van der Waals surface area contributed by atoms with Crippen LogP contribution in [0, 0.1) is 12.7 Å². The van der Waals surface area contributed by atoms with E-state index in [0.29, 0.717) is 12.2 Å². The molecule has 3 aromatic rings. The van der Waals surface area contributed by atoms with Gasteiger partial charge in [0, 0.05) is 29.5 Å². The van der Waals surface area contributed by atoms with Gasteiger partial charge in [-0.3, -0.25) is 9.20 Å². The van der Waals surface area contributed by atoms with Crippen molar-refractivity contribution >= 4 is 27.9 Å². The first kappa shape index (κ1) is 13.5. The average molecular weight is 315 g/mol. The molecule has 0 unspecified atom stereocenters. The molecule has 6 heteroatoms. The van der Waals surface area contributed by atoms with Crippen molar-refractivity contribution in [2.24, 2.45) is 0 Å². The van der Waals surface area contributed by atoms with Gasteiger partial charge in [-0.05, 0) is 31.0 Å². The molecule has 0 fully saturated rings. The highest BCUT2D eigenvalue weighted by atomic mass is 32.1. The third kappa shape index (κ3) is 2.20. The predicted molar refractivity (Wildman–Crippen MR) is 84.0 cm³/mol. The Morgan fingerprint density at radius 3 is 3.09 bits per heavy atom. The number of carbonyl (C=O) groups excluding carboxylic acids is 1. The Balaban J connectivity index is 1.58. The highest BCUT2D eigenvalue weighted by Gasteiger charge is 2.25. The number of anilines is 1. The summed E-state index contributed by atoms with van der Waals surface area (Å²) in [6, 6.07) is 4.64. The van der Waals surface area contributed by atoms with Crippen LogP contribution in [0.5, 0.6) is 0 Å². The van der Waals surface area contributed by atoms with Crippen molar-refractivity contribution in [3.63, 3.8) is 0 Å². The second-order valence-electron chi connectivity index (χ2n) is 5.51. The van der Waals surface area contributed by atoms with Crippen LogP contribution in [0.1, 0.15) is 16.1 Å². The molecule has 2 aromatic heterocycles. The van der Waals surface area contributed by atoms with Gasteiger partial charge in [-0.2, -0.15) is 0 Å². The number of imidazole rings is 1. The zero-order chi connectivity index (χ0) is 15.3. The number of carbonyl (C=O) groups is 1. The summed E-state index contributed by atoms with van der Waals surface area (Å²) in [7, 11) is 0. The van der Waals surface area contributed by atoms with Crippen LogP contribution in [-0.2, 0) is 17.6 Å². The summed E-state index contributed by atoms with van der Waals surface area (Å²) in [5.41, 5.74) is 2.47. The molecule has 0 saturated carbocycles. The van der Waals surface area contributed by atoms with E-state index < -0.39 is 0 Å². The Kier molecular flexibility index (Phi) is 3.00. The van der Waals surface area contributed by atoms with Crippen molar-refractivity contribution in [3.05, 3.63) is 52.5 Å². The van der Waals surface area contributed by atoms with Gasteiger partial charge in [-0.25, -0.2) is 9.37 Å². The number of aryl methyl sites for hydroxylation is 1. The molecule has 112 valence electrons. The van der Waals surface area contributed by atoms with Gasteiger partial charge in [0.05, 0.1) is 12.1 Å². The monoisotopic (exact) mass is 315 g/mol. The van der Waals surface area contributed by atoms with Gasteiger partial charge in [0.1, 0.15) is 5.82 Å². The second kappa shape index (κ2) is 4.91. The van der Waals surface area contributed by atoms with E-state index in [-0.39, 0.29) is 18.1 Å². The Morgan fingerprint density at radius 2 is 2.27 bits per heavy atom. The zero-order valence-electron chi connectivity index (χ0n) is 12.0. The van der Waals surface area contributed by atoms with Gasteiger partial charge in [-0.1, -0.05) is 6.07 Å². The maximum atomic E-state index is 13.4. The lowest BCUT2D eigenvalue weighted by molar-refractivity contribution is -0.117. The predicted octanol–water partition coefficient (Wildman–Crippen LogP) is 2.98. The SMILES string of the molecule is Cc1cn2cc(CC(=O)N3CCc4ccc(F)cc43)nc2s1. The van der Waals surface area contributed by atoms with Gasteiger partial charge in [-0.15, -0.1) is 11.3 Å². The Labute approximate surface area is 130 Å². The van der Waals surface area contributed by atoms with E-state index in [9.17, 15) is 9.18 Å². The molecule has 1 aliphatic rings. The van der Waals surface area contributed by atoms with Crippen LogP contribution in [-0.4, -0.2) is 21.8 Å². The van der Waals surface area contributed by atoms with Gasteiger partial charge >= 0.3 is 0 Å². The molecule has 4 nitrogen and oxygen atoms in total. The molecule has 4 rings (SSSR count). The summed E-state index contributed by atoms with van der Waals surface area (Å²) in [4.78, 5) is 20.7. The number of amides is 1. The van der Waals surface area contributed by atoms with Crippen molar-refractivity contribution < 1.29 is 9.18 Å². The summed E-state index contributed by atoms with van der Waals surface area (Å²) in [5, 5.41) is 0. The normalized spacial score (nSPS) is 13.8. The number of halogens is 1. The first-order valence-corrected chi connectivity index (χ1v) is 7.94. The van der Waals surface area contributed by atoms with Crippen molar-refractivity contribution in [3.8, 4) is 0 Å².